The summed E-state index contributed by atoms with van der Waals surface area (Å²) in [6, 6.07) is 1.61. The van der Waals surface area contributed by atoms with Crippen LogP contribution in [0.3, 0.4) is 0 Å². The Morgan fingerprint density at radius 2 is 1.53 bits per heavy atom. The summed E-state index contributed by atoms with van der Waals surface area (Å²) in [6.07, 6.45) is 1.51. The summed E-state index contributed by atoms with van der Waals surface area (Å²) in [5.74, 6) is -4.27. The molecule has 0 rings (SSSR count). The molecule has 0 amide bonds. The van der Waals surface area contributed by atoms with Crippen molar-refractivity contribution < 1.29 is 28.6 Å². The summed E-state index contributed by atoms with van der Waals surface area (Å²) in [4.78, 5) is 34.6. The minimum Gasteiger partial charge on any atom is -0.468 e. The van der Waals surface area contributed by atoms with Crippen molar-refractivity contribution in [1.82, 2.24) is 0 Å². The Bertz CT molecular complexity index is 435. The molecule has 0 aromatic heterocycles. The van der Waals surface area contributed by atoms with Crippen LogP contribution in [0.4, 0.5) is 0 Å². The van der Waals surface area contributed by atoms with E-state index in [1.807, 2.05) is 0 Å². The number of nitriles is 1. The Labute approximate surface area is 114 Å². The number of carbonyl (C=O) groups excluding carboxylic acids is 3. The van der Waals surface area contributed by atoms with Crippen LogP contribution in [0, 0.1) is 17.2 Å². The molecule has 0 atom stereocenters. The first-order chi connectivity index (χ1) is 8.98. The maximum Gasteiger partial charge on any atom is 0.349 e. The number of thioether (sulfide) groups is 1. The smallest absolute Gasteiger partial charge is 0.349 e. The number of rotatable bonds is 5. The molecule has 0 unspecified atom stereocenters. The SMILES string of the molecule is COC(=O)/C(C#N)=C(\SC)C(C(=O)OC)C(=O)OC. The maximum absolute atomic E-state index is 11.6. The third kappa shape index (κ3) is 3.99. The first kappa shape index (κ1) is 17.0. The number of ether oxygens (including phenoxy) is 3. The van der Waals surface area contributed by atoms with Gasteiger partial charge in [-0.05, 0) is 6.26 Å². The van der Waals surface area contributed by atoms with E-state index in [1.54, 1.807) is 6.07 Å². The quantitative estimate of drug-likeness (QED) is 0.233. The van der Waals surface area contributed by atoms with Gasteiger partial charge in [0.05, 0.1) is 21.3 Å². The predicted octanol–water partition coefficient (Wildman–Crippen LogP) is 0.262. The van der Waals surface area contributed by atoms with Gasteiger partial charge in [-0.3, -0.25) is 9.59 Å². The van der Waals surface area contributed by atoms with Crippen LogP contribution in [-0.4, -0.2) is 45.5 Å². The Balaban J connectivity index is 5.91. The van der Waals surface area contributed by atoms with Crippen LogP contribution in [0.5, 0.6) is 0 Å². The number of carbonyl (C=O) groups is 3. The second kappa shape index (κ2) is 8.16. The van der Waals surface area contributed by atoms with E-state index in [1.165, 1.54) is 6.26 Å². The van der Waals surface area contributed by atoms with Gasteiger partial charge in [0, 0.05) is 4.91 Å². The Morgan fingerprint density at radius 3 is 1.79 bits per heavy atom. The highest BCUT2D eigenvalue weighted by Crippen LogP contribution is 2.28. The fraction of sp³-hybridized carbons (Fsp3) is 0.455. The zero-order chi connectivity index (χ0) is 15.0. The lowest BCUT2D eigenvalue weighted by Gasteiger charge is -2.15. The predicted molar refractivity (Wildman–Crippen MR) is 65.7 cm³/mol. The molecule has 0 aromatic carbocycles. The lowest BCUT2D eigenvalue weighted by atomic mass is 10.1. The monoisotopic (exact) mass is 287 g/mol. The standard InChI is InChI=1S/C11H13NO6S/c1-16-9(13)6(5-12)8(19-4)7(10(14)17-2)11(15)18-3/h7H,1-4H3/b8-6-. The molecule has 0 saturated heterocycles. The molecule has 0 aromatic rings. The summed E-state index contributed by atoms with van der Waals surface area (Å²) in [5.41, 5.74) is -0.434. The van der Waals surface area contributed by atoms with Crippen LogP contribution in [0.25, 0.3) is 0 Å². The normalized spacial score (nSPS) is 11.2. The first-order valence-electron chi connectivity index (χ1n) is 4.90. The molecule has 0 heterocycles. The van der Waals surface area contributed by atoms with Crippen molar-refractivity contribution in [3.05, 3.63) is 10.5 Å². The van der Waals surface area contributed by atoms with Crippen molar-refractivity contribution >= 4 is 29.7 Å². The fourth-order valence-electron chi connectivity index (χ4n) is 1.21. The van der Waals surface area contributed by atoms with Crippen molar-refractivity contribution in [2.75, 3.05) is 27.6 Å². The maximum atomic E-state index is 11.6. The van der Waals surface area contributed by atoms with E-state index < -0.39 is 29.4 Å². The zero-order valence-electron chi connectivity index (χ0n) is 10.9. The number of hydrogen-bond donors (Lipinski definition) is 0. The van der Waals surface area contributed by atoms with Gasteiger partial charge in [0.2, 0.25) is 0 Å². The topological polar surface area (TPSA) is 103 Å². The van der Waals surface area contributed by atoms with Gasteiger partial charge >= 0.3 is 17.9 Å². The molecule has 19 heavy (non-hydrogen) atoms. The fourth-order valence-corrected chi connectivity index (χ4v) is 1.97. The van der Waals surface area contributed by atoms with Crippen LogP contribution >= 0.6 is 11.8 Å². The Kier molecular flexibility index (Phi) is 7.29. The van der Waals surface area contributed by atoms with Crippen LogP contribution in [0.1, 0.15) is 0 Å². The van der Waals surface area contributed by atoms with E-state index in [2.05, 4.69) is 14.2 Å². The van der Waals surface area contributed by atoms with E-state index in [9.17, 15) is 14.4 Å². The van der Waals surface area contributed by atoms with Crippen LogP contribution in [0.15, 0.2) is 10.5 Å². The second-order valence-corrected chi connectivity index (χ2v) is 3.87. The van der Waals surface area contributed by atoms with Gasteiger partial charge in [-0.25, -0.2) is 4.79 Å². The van der Waals surface area contributed by atoms with Crippen molar-refractivity contribution in [3.63, 3.8) is 0 Å². The van der Waals surface area contributed by atoms with Gasteiger partial charge in [-0.2, -0.15) is 5.26 Å². The average Bonchev–Trinajstić information content (AvgIpc) is 2.45. The third-order valence-corrected chi connectivity index (χ3v) is 2.98. The molecule has 0 N–H and O–H groups in total. The minimum atomic E-state index is -1.49. The summed E-state index contributed by atoms with van der Waals surface area (Å²) in [7, 11) is 3.25. The molecule has 0 aliphatic rings. The molecule has 0 fully saturated rings. The van der Waals surface area contributed by atoms with Crippen LogP contribution in [-0.2, 0) is 28.6 Å². The van der Waals surface area contributed by atoms with E-state index in [0.29, 0.717) is 0 Å². The summed E-state index contributed by atoms with van der Waals surface area (Å²) in [5, 5.41) is 8.96. The molecular weight excluding hydrogens is 274 g/mol. The minimum absolute atomic E-state index is 0.0759. The van der Waals surface area contributed by atoms with Gasteiger partial charge in [-0.1, -0.05) is 0 Å². The summed E-state index contributed by atoms with van der Waals surface area (Å²) >= 11 is 0.896. The molecule has 8 heteroatoms. The molecule has 0 aliphatic carbocycles. The molecule has 0 saturated carbocycles. The molecule has 104 valence electrons. The van der Waals surface area contributed by atoms with Gasteiger partial charge in [0.1, 0.15) is 11.6 Å². The second-order valence-electron chi connectivity index (χ2n) is 3.03. The van der Waals surface area contributed by atoms with Gasteiger partial charge < -0.3 is 14.2 Å². The van der Waals surface area contributed by atoms with E-state index in [4.69, 9.17) is 5.26 Å². The van der Waals surface area contributed by atoms with E-state index >= 15 is 0 Å². The highest BCUT2D eigenvalue weighted by molar-refractivity contribution is 8.02. The average molecular weight is 287 g/mol. The van der Waals surface area contributed by atoms with Gasteiger partial charge in [0.25, 0.3) is 0 Å². The Morgan fingerprint density at radius 1 is 1.05 bits per heavy atom. The number of esters is 3. The number of hydrogen-bond acceptors (Lipinski definition) is 8. The number of methoxy groups -OCH3 is 3. The largest absolute Gasteiger partial charge is 0.468 e. The highest BCUT2D eigenvalue weighted by Gasteiger charge is 2.36. The Hall–Kier alpha value is -2.01. The summed E-state index contributed by atoms with van der Waals surface area (Å²) < 4.78 is 13.4. The van der Waals surface area contributed by atoms with Crippen LogP contribution < -0.4 is 0 Å². The molecule has 0 spiro atoms. The van der Waals surface area contributed by atoms with Crippen molar-refractivity contribution in [3.8, 4) is 6.07 Å². The van der Waals surface area contributed by atoms with Gasteiger partial charge in [-0.15, -0.1) is 11.8 Å². The van der Waals surface area contributed by atoms with E-state index in [0.717, 1.165) is 33.1 Å². The van der Waals surface area contributed by atoms with Gasteiger partial charge in [0.15, 0.2) is 5.92 Å². The first-order valence-corrected chi connectivity index (χ1v) is 6.13. The lowest BCUT2D eigenvalue weighted by Crippen LogP contribution is -2.29. The van der Waals surface area contributed by atoms with Crippen molar-refractivity contribution in [2.45, 2.75) is 0 Å². The highest BCUT2D eigenvalue weighted by atomic mass is 32.2. The molecule has 0 aliphatic heterocycles. The molecular formula is C11H13NO6S. The molecule has 0 radical (unpaired) electrons. The summed E-state index contributed by atoms with van der Waals surface area (Å²) in [6.45, 7) is 0. The van der Waals surface area contributed by atoms with Crippen molar-refractivity contribution in [2.24, 2.45) is 5.92 Å². The number of nitrogens with zero attached hydrogens (tertiary/aromatic N) is 1. The third-order valence-electron chi connectivity index (χ3n) is 2.10. The molecule has 7 nitrogen and oxygen atoms in total. The van der Waals surface area contributed by atoms with Crippen molar-refractivity contribution in [1.29, 1.82) is 5.26 Å². The van der Waals surface area contributed by atoms with E-state index in [-0.39, 0.29) is 4.91 Å². The lowest BCUT2D eigenvalue weighted by molar-refractivity contribution is -0.156. The van der Waals surface area contributed by atoms with Crippen LogP contribution in [0.2, 0.25) is 0 Å². The molecule has 0 bridgehead atoms. The zero-order valence-corrected chi connectivity index (χ0v) is 11.7.